The molecular weight excluding hydrogens is 256 g/mol. The Labute approximate surface area is 107 Å². The monoisotopic (exact) mass is 268 g/mol. The van der Waals surface area contributed by atoms with E-state index in [1.54, 1.807) is 12.5 Å². The lowest BCUT2D eigenvalue weighted by molar-refractivity contribution is -0.0755. The molecule has 2 heterocycles. The number of hydrogen-bond acceptors (Lipinski definition) is 6. The third-order valence-electron chi connectivity index (χ3n) is 2.27. The van der Waals surface area contributed by atoms with Gasteiger partial charge in [-0.05, 0) is 0 Å². The van der Waals surface area contributed by atoms with Crippen LogP contribution in [0, 0.1) is 0 Å². The van der Waals surface area contributed by atoms with Crippen molar-refractivity contribution in [1.29, 1.82) is 0 Å². The SMILES string of the molecule is COc1nc(-c2cnc[nH]2)sc1C(=O)N(C)OC. The van der Waals surface area contributed by atoms with Crippen LogP contribution < -0.4 is 4.74 Å². The van der Waals surface area contributed by atoms with Gasteiger partial charge in [-0.2, -0.15) is 4.98 Å². The molecule has 0 saturated heterocycles. The second-order valence-corrected chi connectivity index (χ2v) is 4.31. The smallest absolute Gasteiger partial charge is 0.292 e. The molecule has 0 aliphatic heterocycles. The first kappa shape index (κ1) is 12.5. The lowest BCUT2D eigenvalue weighted by Crippen LogP contribution is -2.24. The number of nitrogens with one attached hydrogen (secondary N) is 1. The Balaban J connectivity index is 2.39. The van der Waals surface area contributed by atoms with Gasteiger partial charge in [-0.1, -0.05) is 0 Å². The molecule has 0 fully saturated rings. The van der Waals surface area contributed by atoms with Crippen molar-refractivity contribution in [2.24, 2.45) is 0 Å². The van der Waals surface area contributed by atoms with E-state index in [4.69, 9.17) is 9.57 Å². The summed E-state index contributed by atoms with van der Waals surface area (Å²) in [5.41, 5.74) is 0.734. The van der Waals surface area contributed by atoms with Crippen LogP contribution in [0.5, 0.6) is 5.88 Å². The number of carbonyl (C=O) groups excluding carboxylic acids is 1. The van der Waals surface area contributed by atoms with Crippen molar-refractivity contribution >= 4 is 17.2 Å². The molecular formula is C10H12N4O3S. The molecule has 8 heteroatoms. The number of thiazole rings is 1. The molecule has 0 bridgehead atoms. The van der Waals surface area contributed by atoms with Crippen LogP contribution in [-0.2, 0) is 4.84 Å². The van der Waals surface area contributed by atoms with Crippen LogP contribution in [0.15, 0.2) is 12.5 Å². The molecule has 0 unspecified atom stereocenters. The fraction of sp³-hybridized carbons (Fsp3) is 0.300. The van der Waals surface area contributed by atoms with Crippen LogP contribution >= 0.6 is 11.3 Å². The van der Waals surface area contributed by atoms with Crippen molar-refractivity contribution in [3.8, 4) is 16.6 Å². The molecule has 2 rings (SSSR count). The van der Waals surface area contributed by atoms with Crippen LogP contribution in [0.4, 0.5) is 0 Å². The molecule has 0 atom stereocenters. The van der Waals surface area contributed by atoms with Gasteiger partial charge in [-0.25, -0.2) is 10.0 Å². The number of amides is 1. The maximum Gasteiger partial charge on any atom is 0.292 e. The van der Waals surface area contributed by atoms with Crippen LogP contribution in [0.3, 0.4) is 0 Å². The third kappa shape index (κ3) is 2.20. The first-order valence-electron chi connectivity index (χ1n) is 5.03. The Morgan fingerprint density at radius 3 is 2.83 bits per heavy atom. The van der Waals surface area contributed by atoms with Gasteiger partial charge in [-0.15, -0.1) is 11.3 Å². The lowest BCUT2D eigenvalue weighted by atomic mass is 10.5. The Morgan fingerprint density at radius 1 is 1.50 bits per heavy atom. The van der Waals surface area contributed by atoms with E-state index in [2.05, 4.69) is 15.0 Å². The zero-order chi connectivity index (χ0) is 13.1. The molecule has 7 nitrogen and oxygen atoms in total. The second-order valence-electron chi connectivity index (χ2n) is 3.31. The van der Waals surface area contributed by atoms with Crippen LogP contribution in [-0.4, -0.2) is 47.2 Å². The van der Waals surface area contributed by atoms with E-state index in [9.17, 15) is 4.79 Å². The maximum atomic E-state index is 12.0. The first-order valence-corrected chi connectivity index (χ1v) is 5.84. The normalized spacial score (nSPS) is 10.4. The Morgan fingerprint density at radius 2 is 2.28 bits per heavy atom. The molecule has 1 N–H and O–H groups in total. The van der Waals surface area contributed by atoms with E-state index in [-0.39, 0.29) is 11.8 Å². The quantitative estimate of drug-likeness (QED) is 0.842. The molecule has 0 spiro atoms. The number of hydroxylamine groups is 2. The van der Waals surface area contributed by atoms with Crippen molar-refractivity contribution in [2.75, 3.05) is 21.3 Å². The average molecular weight is 268 g/mol. The first-order chi connectivity index (χ1) is 8.67. The predicted molar refractivity (Wildman–Crippen MR) is 65.4 cm³/mol. The number of methoxy groups -OCH3 is 1. The predicted octanol–water partition coefficient (Wildman–Crippen LogP) is 1.18. The summed E-state index contributed by atoms with van der Waals surface area (Å²) in [6, 6.07) is 0. The van der Waals surface area contributed by atoms with Crippen LogP contribution in [0.2, 0.25) is 0 Å². The number of aromatic amines is 1. The highest BCUT2D eigenvalue weighted by molar-refractivity contribution is 7.17. The summed E-state index contributed by atoms with van der Waals surface area (Å²) in [5, 5.41) is 1.75. The summed E-state index contributed by atoms with van der Waals surface area (Å²) in [7, 11) is 4.41. The Hall–Kier alpha value is -1.93. The van der Waals surface area contributed by atoms with Gasteiger partial charge in [0, 0.05) is 7.05 Å². The summed E-state index contributed by atoms with van der Waals surface area (Å²) in [6.07, 6.45) is 3.18. The summed E-state index contributed by atoms with van der Waals surface area (Å²) < 4.78 is 5.10. The number of hydrogen-bond donors (Lipinski definition) is 1. The summed E-state index contributed by atoms with van der Waals surface area (Å²) in [6.45, 7) is 0. The van der Waals surface area contributed by atoms with Gasteiger partial charge in [-0.3, -0.25) is 9.63 Å². The minimum Gasteiger partial charge on any atom is -0.480 e. The average Bonchev–Trinajstić information content (AvgIpc) is 3.04. The number of imidazole rings is 1. The van der Waals surface area contributed by atoms with Crippen LogP contribution in [0.25, 0.3) is 10.7 Å². The zero-order valence-corrected chi connectivity index (χ0v) is 10.9. The van der Waals surface area contributed by atoms with Crippen molar-refractivity contribution < 1.29 is 14.4 Å². The maximum absolute atomic E-state index is 12.0. The third-order valence-corrected chi connectivity index (χ3v) is 3.33. The van der Waals surface area contributed by atoms with Gasteiger partial charge in [0.15, 0.2) is 4.88 Å². The summed E-state index contributed by atoms with van der Waals surface area (Å²) in [4.78, 5) is 28.3. The molecule has 2 aromatic rings. The van der Waals surface area contributed by atoms with Crippen molar-refractivity contribution in [3.63, 3.8) is 0 Å². The van der Waals surface area contributed by atoms with Gasteiger partial charge in [0.1, 0.15) is 5.01 Å². The topological polar surface area (TPSA) is 80.3 Å². The van der Waals surface area contributed by atoms with E-state index < -0.39 is 0 Å². The highest BCUT2D eigenvalue weighted by atomic mass is 32.1. The highest BCUT2D eigenvalue weighted by Crippen LogP contribution is 2.31. The molecule has 2 aromatic heterocycles. The number of aromatic nitrogens is 3. The number of rotatable bonds is 4. The summed E-state index contributed by atoms with van der Waals surface area (Å²) in [5.74, 6) is -0.0314. The van der Waals surface area contributed by atoms with E-state index >= 15 is 0 Å². The number of ether oxygens (including phenoxy) is 1. The Bertz CT molecular complexity index is 537. The van der Waals surface area contributed by atoms with E-state index in [0.29, 0.717) is 9.88 Å². The fourth-order valence-electron chi connectivity index (χ4n) is 1.29. The second kappa shape index (κ2) is 5.15. The molecule has 18 heavy (non-hydrogen) atoms. The minimum absolute atomic E-state index is 0.276. The van der Waals surface area contributed by atoms with E-state index in [1.165, 1.54) is 32.6 Å². The van der Waals surface area contributed by atoms with Crippen molar-refractivity contribution in [1.82, 2.24) is 20.0 Å². The fourth-order valence-corrected chi connectivity index (χ4v) is 2.27. The highest BCUT2D eigenvalue weighted by Gasteiger charge is 2.23. The van der Waals surface area contributed by atoms with Crippen molar-refractivity contribution in [2.45, 2.75) is 0 Å². The number of H-pyrrole nitrogens is 1. The van der Waals surface area contributed by atoms with Gasteiger partial charge >= 0.3 is 0 Å². The zero-order valence-electron chi connectivity index (χ0n) is 10.1. The summed E-state index contributed by atoms with van der Waals surface area (Å²) >= 11 is 1.22. The largest absolute Gasteiger partial charge is 0.480 e. The number of nitrogens with zero attached hydrogens (tertiary/aromatic N) is 3. The number of carbonyl (C=O) groups is 1. The minimum atomic E-state index is -0.308. The molecule has 0 saturated carbocycles. The van der Waals surface area contributed by atoms with Gasteiger partial charge in [0.25, 0.3) is 5.91 Å². The van der Waals surface area contributed by atoms with E-state index in [0.717, 1.165) is 10.8 Å². The van der Waals surface area contributed by atoms with E-state index in [1.807, 2.05) is 0 Å². The molecule has 1 amide bonds. The lowest BCUT2D eigenvalue weighted by Gasteiger charge is -2.12. The van der Waals surface area contributed by atoms with Crippen LogP contribution in [0.1, 0.15) is 9.67 Å². The van der Waals surface area contributed by atoms with Gasteiger partial charge < -0.3 is 9.72 Å². The molecule has 0 aliphatic carbocycles. The molecule has 0 radical (unpaired) electrons. The standard InChI is InChI=1S/C10H12N4O3S/c1-14(17-3)10(15)7-8(16-2)13-9(18-7)6-4-11-5-12-6/h4-5H,1-3H3,(H,11,12). The molecule has 0 aliphatic rings. The van der Waals surface area contributed by atoms with Gasteiger partial charge in [0.2, 0.25) is 5.88 Å². The molecule has 96 valence electrons. The van der Waals surface area contributed by atoms with Gasteiger partial charge in [0.05, 0.1) is 32.4 Å². The Kier molecular flexibility index (Phi) is 3.58. The molecule has 0 aromatic carbocycles. The van der Waals surface area contributed by atoms with Crippen molar-refractivity contribution in [3.05, 3.63) is 17.4 Å².